The summed E-state index contributed by atoms with van der Waals surface area (Å²) in [6.45, 7) is 0. The van der Waals surface area contributed by atoms with E-state index >= 15 is 0 Å². The van der Waals surface area contributed by atoms with Crippen molar-refractivity contribution >= 4 is 10.8 Å². The topological polar surface area (TPSA) is 21.3 Å². The summed E-state index contributed by atoms with van der Waals surface area (Å²) in [6, 6.07) is 10.0. The summed E-state index contributed by atoms with van der Waals surface area (Å²) >= 11 is 0. The third-order valence-electron chi connectivity index (χ3n) is 3.02. The van der Waals surface area contributed by atoms with Gasteiger partial charge in [-0.3, -0.25) is 0 Å². The van der Waals surface area contributed by atoms with Gasteiger partial charge < -0.3 is 10.1 Å². The lowest BCUT2D eigenvalue weighted by Crippen LogP contribution is -2.24. The van der Waals surface area contributed by atoms with Crippen molar-refractivity contribution in [1.82, 2.24) is 5.32 Å². The Hall–Kier alpha value is -1.68. The number of ether oxygens (including phenoxy) is 1. The van der Waals surface area contributed by atoms with Crippen LogP contribution in [0.1, 0.15) is 11.6 Å². The van der Waals surface area contributed by atoms with Crippen LogP contribution in [-0.4, -0.2) is 20.6 Å². The van der Waals surface area contributed by atoms with E-state index in [4.69, 9.17) is 4.74 Å². The molecule has 0 aliphatic heterocycles. The Labute approximate surface area is 105 Å². The fourth-order valence-corrected chi connectivity index (χ4v) is 2.17. The van der Waals surface area contributed by atoms with Crippen molar-refractivity contribution in [3.05, 3.63) is 42.0 Å². The van der Waals surface area contributed by atoms with Crippen molar-refractivity contribution in [2.45, 2.75) is 12.5 Å². The van der Waals surface area contributed by atoms with E-state index in [1.807, 2.05) is 30.3 Å². The first-order valence-electron chi connectivity index (χ1n) is 5.70. The van der Waals surface area contributed by atoms with E-state index in [9.17, 15) is 8.78 Å². The van der Waals surface area contributed by atoms with Crippen LogP contribution in [0.15, 0.2) is 36.4 Å². The standard InChI is InChI=1S/C14H15F2NO/c1-17-13(14(15)16)12-10-6-4-3-5-9(10)7-8-11(12)18-2/h3-8,13-14,17H,1-2H3. The number of methoxy groups -OCH3 is 1. The smallest absolute Gasteiger partial charge is 0.257 e. The Kier molecular flexibility index (Phi) is 3.77. The maximum absolute atomic E-state index is 13.1. The Balaban J connectivity index is 2.71. The number of fused-ring (bicyclic) bond motifs is 1. The van der Waals surface area contributed by atoms with Crippen molar-refractivity contribution in [1.29, 1.82) is 0 Å². The van der Waals surface area contributed by atoms with Crippen LogP contribution in [0.25, 0.3) is 10.8 Å². The third kappa shape index (κ3) is 2.16. The first-order valence-corrected chi connectivity index (χ1v) is 5.70. The fourth-order valence-electron chi connectivity index (χ4n) is 2.17. The number of nitrogens with one attached hydrogen (secondary N) is 1. The molecule has 1 unspecified atom stereocenters. The molecule has 0 amide bonds. The van der Waals surface area contributed by atoms with Crippen molar-refractivity contribution in [3.8, 4) is 5.75 Å². The third-order valence-corrected chi connectivity index (χ3v) is 3.02. The Morgan fingerprint density at radius 1 is 1.11 bits per heavy atom. The lowest BCUT2D eigenvalue weighted by atomic mass is 9.97. The van der Waals surface area contributed by atoms with Crippen LogP contribution in [0, 0.1) is 0 Å². The summed E-state index contributed by atoms with van der Waals surface area (Å²) in [4.78, 5) is 0. The quantitative estimate of drug-likeness (QED) is 0.899. The number of benzene rings is 2. The average Bonchev–Trinajstić information content (AvgIpc) is 2.39. The number of hydrogen-bond acceptors (Lipinski definition) is 2. The van der Waals surface area contributed by atoms with E-state index in [1.165, 1.54) is 14.2 Å². The molecule has 0 fully saturated rings. The molecule has 0 aliphatic carbocycles. The fraction of sp³-hybridized carbons (Fsp3) is 0.286. The summed E-state index contributed by atoms with van der Waals surface area (Å²) in [6.07, 6.45) is -2.49. The first kappa shape index (κ1) is 12.8. The van der Waals surface area contributed by atoms with Crippen LogP contribution in [-0.2, 0) is 0 Å². The highest BCUT2D eigenvalue weighted by Gasteiger charge is 2.25. The number of hydrogen-bond donors (Lipinski definition) is 1. The van der Waals surface area contributed by atoms with Crippen LogP contribution < -0.4 is 10.1 Å². The molecule has 0 heterocycles. The Morgan fingerprint density at radius 3 is 2.44 bits per heavy atom. The average molecular weight is 251 g/mol. The van der Waals surface area contributed by atoms with E-state index < -0.39 is 12.5 Å². The molecule has 1 atom stereocenters. The van der Waals surface area contributed by atoms with Gasteiger partial charge in [-0.15, -0.1) is 0 Å². The maximum Gasteiger partial charge on any atom is 0.257 e. The molecular weight excluding hydrogens is 236 g/mol. The molecular formula is C14H15F2NO. The Morgan fingerprint density at radius 2 is 1.83 bits per heavy atom. The van der Waals surface area contributed by atoms with Gasteiger partial charge in [0.2, 0.25) is 0 Å². The molecule has 18 heavy (non-hydrogen) atoms. The molecule has 0 radical (unpaired) electrons. The molecule has 2 rings (SSSR count). The second-order valence-corrected chi connectivity index (χ2v) is 4.00. The zero-order chi connectivity index (χ0) is 13.1. The highest BCUT2D eigenvalue weighted by Crippen LogP contribution is 2.35. The first-order chi connectivity index (χ1) is 8.69. The van der Waals surface area contributed by atoms with Crippen LogP contribution in [0.3, 0.4) is 0 Å². The lowest BCUT2D eigenvalue weighted by Gasteiger charge is -2.20. The highest BCUT2D eigenvalue weighted by atomic mass is 19.3. The number of rotatable bonds is 4. The van der Waals surface area contributed by atoms with Gasteiger partial charge in [0.15, 0.2) is 0 Å². The SMILES string of the molecule is CNC(c1c(OC)ccc2ccccc12)C(F)F. The van der Waals surface area contributed by atoms with Gasteiger partial charge in [-0.1, -0.05) is 30.3 Å². The van der Waals surface area contributed by atoms with Gasteiger partial charge in [0.05, 0.1) is 13.2 Å². The monoisotopic (exact) mass is 251 g/mol. The van der Waals surface area contributed by atoms with Crippen molar-refractivity contribution in [3.63, 3.8) is 0 Å². The van der Waals surface area contributed by atoms with E-state index in [2.05, 4.69) is 5.32 Å². The van der Waals surface area contributed by atoms with E-state index in [0.717, 1.165) is 10.8 Å². The predicted molar refractivity (Wildman–Crippen MR) is 68.3 cm³/mol. The summed E-state index contributed by atoms with van der Waals surface area (Å²) in [5.41, 5.74) is 0.508. The predicted octanol–water partition coefficient (Wildman–Crippen LogP) is 3.37. The van der Waals surface area contributed by atoms with Crippen molar-refractivity contribution < 1.29 is 13.5 Å². The van der Waals surface area contributed by atoms with Gasteiger partial charge in [-0.25, -0.2) is 8.78 Å². The molecule has 0 aliphatic rings. The molecule has 0 bridgehead atoms. The van der Waals surface area contributed by atoms with Crippen LogP contribution in [0.5, 0.6) is 5.75 Å². The van der Waals surface area contributed by atoms with Gasteiger partial charge in [0.1, 0.15) is 5.75 Å². The molecule has 2 aromatic carbocycles. The van der Waals surface area contributed by atoms with Crippen molar-refractivity contribution in [2.75, 3.05) is 14.2 Å². The van der Waals surface area contributed by atoms with Gasteiger partial charge in [-0.05, 0) is 23.9 Å². The molecule has 0 spiro atoms. The van der Waals surface area contributed by atoms with Gasteiger partial charge in [0.25, 0.3) is 6.43 Å². The molecule has 0 saturated carbocycles. The van der Waals surface area contributed by atoms with Crippen LogP contribution in [0.4, 0.5) is 8.78 Å². The summed E-state index contributed by atoms with van der Waals surface area (Å²) in [7, 11) is 3.02. The highest BCUT2D eigenvalue weighted by molar-refractivity contribution is 5.88. The van der Waals surface area contributed by atoms with Crippen LogP contribution in [0.2, 0.25) is 0 Å². The molecule has 2 nitrogen and oxygen atoms in total. The summed E-state index contributed by atoms with van der Waals surface area (Å²) in [5.74, 6) is 0.480. The maximum atomic E-state index is 13.1. The van der Waals surface area contributed by atoms with Gasteiger partial charge >= 0.3 is 0 Å². The van der Waals surface area contributed by atoms with E-state index in [0.29, 0.717) is 11.3 Å². The molecule has 4 heteroatoms. The number of alkyl halides is 2. The van der Waals surface area contributed by atoms with Crippen molar-refractivity contribution in [2.24, 2.45) is 0 Å². The lowest BCUT2D eigenvalue weighted by molar-refractivity contribution is 0.102. The molecule has 2 aromatic rings. The Bertz CT molecular complexity index is 542. The van der Waals surface area contributed by atoms with E-state index in [1.54, 1.807) is 6.07 Å². The minimum Gasteiger partial charge on any atom is -0.496 e. The minimum absolute atomic E-state index is 0.480. The zero-order valence-corrected chi connectivity index (χ0v) is 10.3. The van der Waals surface area contributed by atoms with Crippen LogP contribution >= 0.6 is 0 Å². The van der Waals surface area contributed by atoms with Gasteiger partial charge in [-0.2, -0.15) is 0 Å². The summed E-state index contributed by atoms with van der Waals surface area (Å²) < 4.78 is 31.4. The second kappa shape index (κ2) is 5.31. The molecule has 96 valence electrons. The minimum atomic E-state index is -2.49. The molecule has 0 aromatic heterocycles. The normalized spacial score (nSPS) is 12.9. The molecule has 0 saturated heterocycles. The molecule has 1 N–H and O–H groups in total. The largest absolute Gasteiger partial charge is 0.496 e. The zero-order valence-electron chi connectivity index (χ0n) is 10.3. The van der Waals surface area contributed by atoms with E-state index in [-0.39, 0.29) is 0 Å². The number of halogens is 2. The summed E-state index contributed by atoms with van der Waals surface area (Å²) in [5, 5.41) is 4.37. The van der Waals surface area contributed by atoms with Gasteiger partial charge in [0, 0.05) is 5.56 Å². The second-order valence-electron chi connectivity index (χ2n) is 4.00.